The number of para-hydroxylation sites is 3. The van der Waals surface area contributed by atoms with Crippen molar-refractivity contribution in [2.45, 2.75) is 13.0 Å². The Hall–Kier alpha value is -2.56. The molecule has 0 aliphatic rings. The third-order valence-electron chi connectivity index (χ3n) is 3.08. The lowest BCUT2D eigenvalue weighted by molar-refractivity contribution is -0.384. The van der Waals surface area contributed by atoms with E-state index < -0.39 is 4.92 Å². The number of nitrogens with zero attached hydrogens (tertiary/aromatic N) is 1. The van der Waals surface area contributed by atoms with Crippen molar-refractivity contribution < 1.29 is 9.66 Å². The molecule has 0 bridgehead atoms. The van der Waals surface area contributed by atoms with Crippen molar-refractivity contribution in [3.05, 3.63) is 64.2 Å². The van der Waals surface area contributed by atoms with E-state index in [-0.39, 0.29) is 11.7 Å². The molecule has 104 valence electrons. The molecule has 0 aromatic heterocycles. The highest BCUT2D eigenvalue weighted by molar-refractivity contribution is 5.62. The Balaban J connectivity index is 2.28. The second-order valence-corrected chi connectivity index (χ2v) is 4.38. The maximum atomic E-state index is 11.0. The van der Waals surface area contributed by atoms with Gasteiger partial charge in [0.1, 0.15) is 11.4 Å². The quantitative estimate of drug-likeness (QED) is 0.664. The first kappa shape index (κ1) is 13.9. The van der Waals surface area contributed by atoms with E-state index in [2.05, 4.69) is 5.32 Å². The van der Waals surface area contributed by atoms with Gasteiger partial charge in [-0.15, -0.1) is 0 Å². The molecule has 0 saturated carbocycles. The van der Waals surface area contributed by atoms with E-state index in [9.17, 15) is 10.1 Å². The van der Waals surface area contributed by atoms with Crippen molar-refractivity contribution >= 4 is 11.4 Å². The summed E-state index contributed by atoms with van der Waals surface area (Å²) in [5.74, 6) is 0.756. The smallest absolute Gasteiger partial charge is 0.292 e. The Morgan fingerprint density at radius 3 is 2.50 bits per heavy atom. The number of benzene rings is 2. The van der Waals surface area contributed by atoms with Crippen LogP contribution in [0, 0.1) is 10.1 Å². The molecule has 0 unspecified atom stereocenters. The van der Waals surface area contributed by atoms with Gasteiger partial charge in [0.2, 0.25) is 0 Å². The van der Waals surface area contributed by atoms with Gasteiger partial charge in [-0.05, 0) is 19.1 Å². The summed E-state index contributed by atoms with van der Waals surface area (Å²) in [5, 5.41) is 14.2. The number of rotatable bonds is 5. The molecule has 2 aromatic rings. The highest BCUT2D eigenvalue weighted by Crippen LogP contribution is 2.31. The number of hydrogen-bond acceptors (Lipinski definition) is 4. The summed E-state index contributed by atoms with van der Waals surface area (Å²) in [6, 6.07) is 14.1. The van der Waals surface area contributed by atoms with Crippen LogP contribution in [-0.2, 0) is 0 Å². The second kappa shape index (κ2) is 6.06. The summed E-state index contributed by atoms with van der Waals surface area (Å²) in [4.78, 5) is 10.6. The third kappa shape index (κ3) is 2.88. The second-order valence-electron chi connectivity index (χ2n) is 4.38. The van der Waals surface area contributed by atoms with Crippen LogP contribution in [0.3, 0.4) is 0 Å². The highest BCUT2D eigenvalue weighted by atomic mass is 16.6. The first-order chi connectivity index (χ1) is 9.63. The Kier molecular flexibility index (Phi) is 4.20. The molecule has 5 nitrogen and oxygen atoms in total. The molecule has 0 spiro atoms. The van der Waals surface area contributed by atoms with Gasteiger partial charge in [-0.2, -0.15) is 0 Å². The fourth-order valence-corrected chi connectivity index (χ4v) is 2.09. The lowest BCUT2D eigenvalue weighted by Crippen LogP contribution is -2.09. The number of anilines is 1. The fourth-order valence-electron chi connectivity index (χ4n) is 2.09. The molecule has 0 aliphatic heterocycles. The lowest BCUT2D eigenvalue weighted by Gasteiger charge is -2.18. The maximum Gasteiger partial charge on any atom is 0.292 e. The van der Waals surface area contributed by atoms with Crippen molar-refractivity contribution in [2.24, 2.45) is 0 Å². The SMILES string of the molecule is COc1ccccc1[C@H](C)Nc1ccccc1[N+](=O)[O-]. The van der Waals surface area contributed by atoms with Crippen LogP contribution in [0.1, 0.15) is 18.5 Å². The molecule has 0 fully saturated rings. The van der Waals surface area contributed by atoms with Gasteiger partial charge < -0.3 is 10.1 Å². The first-order valence-electron chi connectivity index (χ1n) is 6.26. The molecule has 1 N–H and O–H groups in total. The Bertz CT molecular complexity index is 614. The van der Waals surface area contributed by atoms with Crippen LogP contribution in [0.25, 0.3) is 0 Å². The van der Waals surface area contributed by atoms with E-state index in [0.717, 1.165) is 11.3 Å². The lowest BCUT2D eigenvalue weighted by atomic mass is 10.1. The van der Waals surface area contributed by atoms with Crippen LogP contribution >= 0.6 is 0 Å². The van der Waals surface area contributed by atoms with Crippen LogP contribution in [0.4, 0.5) is 11.4 Å². The van der Waals surface area contributed by atoms with Gasteiger partial charge >= 0.3 is 0 Å². The van der Waals surface area contributed by atoms with Crippen LogP contribution in [0.2, 0.25) is 0 Å². The zero-order valence-electron chi connectivity index (χ0n) is 11.4. The Labute approximate surface area is 117 Å². The summed E-state index contributed by atoms with van der Waals surface area (Å²) >= 11 is 0. The van der Waals surface area contributed by atoms with Gasteiger partial charge in [0, 0.05) is 11.6 Å². The standard InChI is InChI=1S/C15H16N2O3/c1-11(12-7-3-6-10-15(12)20-2)16-13-8-4-5-9-14(13)17(18)19/h3-11,16H,1-2H3/t11-/m0/s1. The molecule has 2 aromatic carbocycles. The third-order valence-corrected chi connectivity index (χ3v) is 3.08. The van der Waals surface area contributed by atoms with Crippen molar-refractivity contribution in [3.8, 4) is 5.75 Å². The van der Waals surface area contributed by atoms with Gasteiger partial charge in [-0.3, -0.25) is 10.1 Å². The number of hydrogen-bond donors (Lipinski definition) is 1. The van der Waals surface area contributed by atoms with E-state index in [1.165, 1.54) is 6.07 Å². The van der Waals surface area contributed by atoms with Crippen molar-refractivity contribution in [1.82, 2.24) is 0 Å². The van der Waals surface area contributed by atoms with E-state index in [4.69, 9.17) is 4.74 Å². The molecular weight excluding hydrogens is 256 g/mol. The van der Waals surface area contributed by atoms with E-state index in [1.54, 1.807) is 25.3 Å². The van der Waals surface area contributed by atoms with Crippen LogP contribution in [0.15, 0.2) is 48.5 Å². The number of methoxy groups -OCH3 is 1. The minimum Gasteiger partial charge on any atom is -0.496 e. The van der Waals surface area contributed by atoms with Gasteiger partial charge in [0.25, 0.3) is 5.69 Å². The summed E-state index contributed by atoms with van der Waals surface area (Å²) in [5.41, 5.74) is 1.51. The van der Waals surface area contributed by atoms with Crippen LogP contribution in [0.5, 0.6) is 5.75 Å². The van der Waals surface area contributed by atoms with Crippen molar-refractivity contribution in [2.75, 3.05) is 12.4 Å². The minimum atomic E-state index is -0.392. The normalized spacial score (nSPS) is 11.7. The number of ether oxygens (including phenoxy) is 1. The average molecular weight is 272 g/mol. The summed E-state index contributed by atoms with van der Waals surface area (Å²) in [7, 11) is 1.61. The number of nitrogens with one attached hydrogen (secondary N) is 1. The van der Waals surface area contributed by atoms with Crippen LogP contribution in [-0.4, -0.2) is 12.0 Å². The van der Waals surface area contributed by atoms with E-state index in [0.29, 0.717) is 5.69 Å². The topological polar surface area (TPSA) is 64.4 Å². The Morgan fingerprint density at radius 1 is 1.15 bits per heavy atom. The monoisotopic (exact) mass is 272 g/mol. The molecule has 0 amide bonds. The van der Waals surface area contributed by atoms with Crippen LogP contribution < -0.4 is 10.1 Å². The molecule has 2 rings (SSSR count). The summed E-state index contributed by atoms with van der Waals surface area (Å²) in [6.07, 6.45) is 0. The molecular formula is C15H16N2O3. The Morgan fingerprint density at radius 2 is 1.80 bits per heavy atom. The van der Waals surface area contributed by atoms with Gasteiger partial charge in [0.05, 0.1) is 18.1 Å². The zero-order chi connectivity index (χ0) is 14.5. The maximum absolute atomic E-state index is 11.0. The highest BCUT2D eigenvalue weighted by Gasteiger charge is 2.16. The minimum absolute atomic E-state index is 0.0641. The average Bonchev–Trinajstić information content (AvgIpc) is 2.47. The van der Waals surface area contributed by atoms with Gasteiger partial charge in [-0.25, -0.2) is 0 Å². The van der Waals surface area contributed by atoms with Crippen molar-refractivity contribution in [1.29, 1.82) is 0 Å². The molecule has 0 aliphatic carbocycles. The zero-order valence-corrected chi connectivity index (χ0v) is 11.4. The number of nitro groups is 1. The number of nitro benzene ring substituents is 1. The van der Waals surface area contributed by atoms with Gasteiger partial charge in [0.15, 0.2) is 0 Å². The van der Waals surface area contributed by atoms with Gasteiger partial charge in [-0.1, -0.05) is 30.3 Å². The summed E-state index contributed by atoms with van der Waals surface area (Å²) < 4.78 is 5.31. The molecule has 1 atom stereocenters. The molecule has 0 heterocycles. The molecule has 0 saturated heterocycles. The molecule has 0 radical (unpaired) electrons. The molecule has 5 heteroatoms. The predicted molar refractivity (Wildman–Crippen MR) is 78.1 cm³/mol. The predicted octanol–water partition coefficient (Wildman–Crippen LogP) is 3.78. The fraction of sp³-hybridized carbons (Fsp3) is 0.200. The largest absolute Gasteiger partial charge is 0.496 e. The van der Waals surface area contributed by atoms with Crippen molar-refractivity contribution in [3.63, 3.8) is 0 Å². The summed E-state index contributed by atoms with van der Waals surface area (Å²) in [6.45, 7) is 1.94. The van der Waals surface area contributed by atoms with E-state index >= 15 is 0 Å². The first-order valence-corrected chi connectivity index (χ1v) is 6.26. The molecule has 20 heavy (non-hydrogen) atoms. The van der Waals surface area contributed by atoms with E-state index in [1.807, 2.05) is 31.2 Å².